The third-order valence-corrected chi connectivity index (χ3v) is 5.72. The molecule has 29 heavy (non-hydrogen) atoms. The van der Waals surface area contributed by atoms with Gasteiger partial charge in [0.15, 0.2) is 11.3 Å². The summed E-state index contributed by atoms with van der Waals surface area (Å²) in [6, 6.07) is 12.0. The minimum Gasteiger partial charge on any atom is -0.478 e. The van der Waals surface area contributed by atoms with Crippen molar-refractivity contribution in [1.29, 1.82) is 0 Å². The SMILES string of the molecule is C=CCSC1=NN2C(=c3cc(Br)ccc3=NC2c2ccc(C(=O)O)cc2)C(=O)N1. The van der Waals surface area contributed by atoms with E-state index in [1.165, 1.54) is 23.9 Å². The molecule has 9 heteroatoms. The van der Waals surface area contributed by atoms with E-state index >= 15 is 0 Å². The second kappa shape index (κ2) is 7.84. The number of amides is 1. The van der Waals surface area contributed by atoms with Crippen LogP contribution in [0.5, 0.6) is 0 Å². The maximum Gasteiger partial charge on any atom is 0.335 e. The molecule has 2 aliphatic heterocycles. The molecule has 0 saturated carbocycles. The molecule has 146 valence electrons. The summed E-state index contributed by atoms with van der Waals surface area (Å²) >= 11 is 4.80. The van der Waals surface area contributed by atoms with Gasteiger partial charge in [0, 0.05) is 15.4 Å². The Balaban J connectivity index is 1.89. The summed E-state index contributed by atoms with van der Waals surface area (Å²) in [6.07, 6.45) is 1.14. The second-order valence-corrected chi connectivity index (χ2v) is 8.17. The normalized spacial score (nSPS) is 17.5. The molecule has 0 spiro atoms. The first-order valence-electron chi connectivity index (χ1n) is 8.62. The number of halogens is 1. The summed E-state index contributed by atoms with van der Waals surface area (Å²) in [4.78, 5) is 28.9. The van der Waals surface area contributed by atoms with E-state index < -0.39 is 12.1 Å². The Hall–Kier alpha value is -2.91. The summed E-state index contributed by atoms with van der Waals surface area (Å²) in [7, 11) is 0. The minimum absolute atomic E-state index is 0.181. The van der Waals surface area contributed by atoms with E-state index in [4.69, 9.17) is 10.1 Å². The molecule has 2 aromatic carbocycles. The lowest BCUT2D eigenvalue weighted by molar-refractivity contribution is -0.116. The first kappa shape index (κ1) is 19.4. The number of carbonyl (C=O) groups excluding carboxylic acids is 1. The molecule has 1 amide bonds. The van der Waals surface area contributed by atoms with Crippen LogP contribution in [0.2, 0.25) is 0 Å². The molecule has 7 nitrogen and oxygen atoms in total. The van der Waals surface area contributed by atoms with Crippen molar-refractivity contribution < 1.29 is 14.7 Å². The lowest BCUT2D eigenvalue weighted by Crippen LogP contribution is -2.50. The lowest BCUT2D eigenvalue weighted by atomic mass is 10.1. The van der Waals surface area contributed by atoms with E-state index in [2.05, 4.69) is 32.9 Å². The van der Waals surface area contributed by atoms with Gasteiger partial charge in [-0.3, -0.25) is 15.1 Å². The molecule has 2 heterocycles. The minimum atomic E-state index is -1.00. The average Bonchev–Trinajstić information content (AvgIpc) is 2.71. The van der Waals surface area contributed by atoms with Gasteiger partial charge in [-0.15, -0.1) is 11.7 Å². The number of thioether (sulfide) groups is 1. The van der Waals surface area contributed by atoms with Crippen molar-refractivity contribution in [3.05, 3.63) is 81.3 Å². The molecule has 0 aromatic heterocycles. The van der Waals surface area contributed by atoms with Gasteiger partial charge in [0.25, 0.3) is 5.91 Å². The van der Waals surface area contributed by atoms with E-state index in [9.17, 15) is 9.59 Å². The van der Waals surface area contributed by atoms with Gasteiger partial charge in [-0.1, -0.05) is 45.9 Å². The average molecular weight is 471 g/mol. The smallest absolute Gasteiger partial charge is 0.335 e. The van der Waals surface area contributed by atoms with Crippen molar-refractivity contribution in [3.63, 3.8) is 0 Å². The zero-order chi connectivity index (χ0) is 20.5. The predicted molar refractivity (Wildman–Crippen MR) is 115 cm³/mol. The van der Waals surface area contributed by atoms with Crippen molar-refractivity contribution >= 4 is 50.4 Å². The summed E-state index contributed by atoms with van der Waals surface area (Å²) < 4.78 is 0.826. The third kappa shape index (κ3) is 3.70. The van der Waals surface area contributed by atoms with Crippen molar-refractivity contribution in [2.24, 2.45) is 10.1 Å². The van der Waals surface area contributed by atoms with Crippen LogP contribution in [-0.4, -0.2) is 32.9 Å². The molecule has 2 aliphatic rings. The van der Waals surface area contributed by atoms with Crippen LogP contribution >= 0.6 is 27.7 Å². The van der Waals surface area contributed by atoms with Gasteiger partial charge >= 0.3 is 5.97 Å². The lowest BCUT2D eigenvalue weighted by Gasteiger charge is -2.34. The maximum atomic E-state index is 13.0. The van der Waals surface area contributed by atoms with Crippen molar-refractivity contribution in [2.75, 3.05) is 5.75 Å². The summed E-state index contributed by atoms with van der Waals surface area (Å²) in [5.74, 6) is -0.675. The molecule has 1 unspecified atom stereocenters. The summed E-state index contributed by atoms with van der Waals surface area (Å²) in [5.41, 5.74) is 1.30. The molecule has 1 atom stereocenters. The standard InChI is InChI=1S/C20H15BrN4O3S/c1-2-9-29-20-23-18(26)16-14-10-13(21)7-8-15(14)22-17(25(16)24-20)11-3-5-12(6-4-11)19(27)28/h2-8,10,17H,1,9H2,(H,27,28)(H,23,24,26). The fourth-order valence-corrected chi connectivity index (χ4v) is 4.02. The topological polar surface area (TPSA) is 94.4 Å². The molecule has 0 bridgehead atoms. The van der Waals surface area contributed by atoms with E-state index in [0.29, 0.717) is 27.2 Å². The molecule has 2 N–H and O–H groups in total. The van der Waals surface area contributed by atoms with Crippen LogP contribution in [0, 0.1) is 0 Å². The molecular weight excluding hydrogens is 456 g/mol. The number of aromatic carboxylic acids is 1. The Morgan fingerprint density at radius 3 is 2.76 bits per heavy atom. The van der Waals surface area contributed by atoms with Crippen LogP contribution in [0.25, 0.3) is 5.70 Å². The largest absolute Gasteiger partial charge is 0.478 e. The Morgan fingerprint density at radius 2 is 2.07 bits per heavy atom. The van der Waals surface area contributed by atoms with Gasteiger partial charge in [0.05, 0.1) is 10.9 Å². The highest BCUT2D eigenvalue weighted by Gasteiger charge is 2.34. The van der Waals surface area contributed by atoms with Gasteiger partial charge in [-0.2, -0.15) is 0 Å². The van der Waals surface area contributed by atoms with Crippen LogP contribution in [0.4, 0.5) is 0 Å². The highest BCUT2D eigenvalue weighted by atomic mass is 79.9. The van der Waals surface area contributed by atoms with Gasteiger partial charge < -0.3 is 5.11 Å². The third-order valence-electron chi connectivity index (χ3n) is 4.36. The molecule has 2 aromatic rings. The van der Waals surface area contributed by atoms with E-state index in [0.717, 1.165) is 10.0 Å². The number of hydrogen-bond donors (Lipinski definition) is 2. The monoisotopic (exact) mass is 470 g/mol. The van der Waals surface area contributed by atoms with E-state index in [1.807, 2.05) is 18.2 Å². The Kier molecular flexibility index (Phi) is 5.25. The van der Waals surface area contributed by atoms with E-state index in [-0.39, 0.29) is 11.5 Å². The number of rotatable bonds is 4. The Labute approximate surface area is 178 Å². The zero-order valence-electron chi connectivity index (χ0n) is 15.0. The molecular formula is C20H15BrN4O3S. The van der Waals surface area contributed by atoms with Crippen LogP contribution < -0.4 is 15.9 Å². The van der Waals surface area contributed by atoms with Gasteiger partial charge in [-0.05, 0) is 35.9 Å². The highest BCUT2D eigenvalue weighted by Crippen LogP contribution is 2.31. The number of fused-ring (bicyclic) bond motifs is 2. The number of carboxylic acid groups (broad SMARTS) is 1. The summed E-state index contributed by atoms with van der Waals surface area (Å²) in [5, 5.41) is 20.0. The fraction of sp³-hybridized carbons (Fsp3) is 0.100. The number of benzene rings is 2. The van der Waals surface area contributed by atoms with Crippen LogP contribution in [0.1, 0.15) is 22.1 Å². The number of amidine groups is 1. The Bertz CT molecular complexity index is 1180. The number of nitrogens with zero attached hydrogens (tertiary/aromatic N) is 3. The van der Waals surface area contributed by atoms with Gasteiger partial charge in [-0.25, -0.2) is 9.80 Å². The first-order valence-corrected chi connectivity index (χ1v) is 10.4. The van der Waals surface area contributed by atoms with Crippen LogP contribution in [0.15, 0.2) is 69.7 Å². The Morgan fingerprint density at radius 1 is 1.31 bits per heavy atom. The zero-order valence-corrected chi connectivity index (χ0v) is 17.4. The number of carbonyl (C=O) groups is 2. The van der Waals surface area contributed by atoms with Crippen molar-refractivity contribution in [1.82, 2.24) is 10.3 Å². The number of nitrogens with one attached hydrogen (secondary N) is 1. The number of carboxylic acids is 1. The number of hydrogen-bond acceptors (Lipinski definition) is 6. The maximum absolute atomic E-state index is 13.0. The predicted octanol–water partition coefficient (Wildman–Crippen LogP) is 2.21. The molecule has 0 radical (unpaired) electrons. The second-order valence-electron chi connectivity index (χ2n) is 6.24. The quantitative estimate of drug-likeness (QED) is 0.668. The van der Waals surface area contributed by atoms with Gasteiger partial charge in [0.2, 0.25) is 0 Å². The van der Waals surface area contributed by atoms with Gasteiger partial charge in [0.1, 0.15) is 5.70 Å². The number of hydrazone groups is 1. The highest BCUT2D eigenvalue weighted by molar-refractivity contribution is 9.10. The van der Waals surface area contributed by atoms with E-state index in [1.54, 1.807) is 23.2 Å². The molecule has 0 saturated heterocycles. The summed E-state index contributed by atoms with van der Waals surface area (Å²) in [6.45, 7) is 3.69. The fourth-order valence-electron chi connectivity index (χ4n) is 3.07. The first-order chi connectivity index (χ1) is 14.0. The molecule has 4 rings (SSSR count). The van der Waals surface area contributed by atoms with Crippen molar-refractivity contribution in [2.45, 2.75) is 6.17 Å². The molecule has 0 fully saturated rings. The van der Waals surface area contributed by atoms with Crippen LogP contribution in [-0.2, 0) is 4.79 Å². The van der Waals surface area contributed by atoms with Crippen LogP contribution in [0.3, 0.4) is 0 Å². The molecule has 0 aliphatic carbocycles. The van der Waals surface area contributed by atoms with Crippen molar-refractivity contribution in [3.8, 4) is 0 Å².